The van der Waals surface area contributed by atoms with Crippen LogP contribution in [0.4, 0.5) is 0 Å². The summed E-state index contributed by atoms with van der Waals surface area (Å²) in [6, 6.07) is 19.3. The van der Waals surface area contributed by atoms with E-state index < -0.39 is 49.9 Å². The first-order valence-electron chi connectivity index (χ1n) is 11.8. The largest absolute Gasteiger partial charge is 0.478 e. The second-order valence-corrected chi connectivity index (χ2v) is 12.2. The molecule has 1 amide bonds. The van der Waals surface area contributed by atoms with Gasteiger partial charge in [-0.15, -0.1) is 0 Å². The number of nitrogens with zero attached hydrogens (tertiary/aromatic N) is 2. The van der Waals surface area contributed by atoms with E-state index in [1.54, 1.807) is 24.3 Å². The van der Waals surface area contributed by atoms with Crippen LogP contribution >= 0.6 is 0 Å². The predicted octanol–water partition coefficient (Wildman–Crippen LogP) is 3.24. The summed E-state index contributed by atoms with van der Waals surface area (Å²) >= 11 is 0. The number of sulfone groups is 1. The lowest BCUT2D eigenvalue weighted by molar-refractivity contribution is -0.160. The third-order valence-electron chi connectivity index (χ3n) is 6.96. The zero-order valence-corrected chi connectivity index (χ0v) is 21.3. The van der Waals surface area contributed by atoms with Crippen LogP contribution in [0.5, 0.6) is 0 Å². The number of β-lactam (4-membered cyclic amide) rings is 1. The van der Waals surface area contributed by atoms with E-state index in [1.165, 1.54) is 38.3 Å². The van der Waals surface area contributed by atoms with E-state index in [0.717, 1.165) is 4.90 Å². The lowest BCUT2D eigenvalue weighted by Gasteiger charge is -2.38. The molecule has 2 atom stereocenters. The Kier molecular flexibility index (Phi) is 6.15. The van der Waals surface area contributed by atoms with E-state index in [-0.39, 0.29) is 16.8 Å². The Balaban J connectivity index is 1.50. The van der Waals surface area contributed by atoms with Gasteiger partial charge in [0.15, 0.2) is 27.4 Å². The number of carboxylic acid groups (broad SMARTS) is 1. The number of carbonyl (C=O) groups is 3. The van der Waals surface area contributed by atoms with Crippen molar-refractivity contribution < 1.29 is 32.6 Å². The van der Waals surface area contributed by atoms with E-state index in [0.29, 0.717) is 11.1 Å². The second-order valence-electron chi connectivity index (χ2n) is 9.63. The number of pyridine rings is 1. The summed E-state index contributed by atoms with van der Waals surface area (Å²) in [5.74, 6) is -2.67. The van der Waals surface area contributed by atoms with Gasteiger partial charge in [-0.2, -0.15) is 0 Å². The monoisotopic (exact) mass is 532 g/mol. The standard InChI is InChI=1S/C28H24N2O7S/c1-28(2)23(27(34)37-22(17-9-5-3-6-10-17)18-11-7-4-8-12-18)30-24(31)21(25(30)38(28,35)36)16-20-15-19(26(32)33)13-14-29-20/h3-16,22-23,25H,1-2H3,(H,32,33)/b21-16-/t23-,25+/m0/s1. The third-order valence-corrected chi connectivity index (χ3v) is 9.72. The van der Waals surface area contributed by atoms with Crippen LogP contribution in [0.3, 0.4) is 0 Å². The molecule has 0 saturated carbocycles. The van der Waals surface area contributed by atoms with Gasteiger partial charge in [0.05, 0.1) is 16.8 Å². The zero-order valence-electron chi connectivity index (χ0n) is 20.5. The molecule has 0 spiro atoms. The molecule has 0 bridgehead atoms. The minimum absolute atomic E-state index is 0.0561. The van der Waals surface area contributed by atoms with E-state index in [4.69, 9.17) is 4.74 Å². The molecule has 2 aliphatic rings. The van der Waals surface area contributed by atoms with Gasteiger partial charge in [-0.25, -0.2) is 18.0 Å². The Morgan fingerprint density at radius 1 is 1.03 bits per heavy atom. The molecule has 3 aromatic rings. The number of hydrogen-bond donors (Lipinski definition) is 1. The maximum absolute atomic E-state index is 13.6. The first kappa shape index (κ1) is 25.3. The van der Waals surface area contributed by atoms with Crippen molar-refractivity contribution in [2.24, 2.45) is 0 Å². The van der Waals surface area contributed by atoms with Gasteiger partial charge >= 0.3 is 11.9 Å². The van der Waals surface area contributed by atoms with Crippen molar-refractivity contribution in [1.29, 1.82) is 0 Å². The van der Waals surface area contributed by atoms with Crippen LogP contribution in [-0.4, -0.2) is 57.4 Å². The maximum atomic E-state index is 13.6. The SMILES string of the molecule is CC1(C)[C@H](C(=O)OC(c2ccccc2)c2ccccc2)N2C(=O)/C(=C/c3cc(C(=O)O)ccn3)[C@H]2S1(=O)=O. The van der Waals surface area contributed by atoms with E-state index >= 15 is 0 Å². The third kappa shape index (κ3) is 3.97. The zero-order chi connectivity index (χ0) is 27.2. The van der Waals surface area contributed by atoms with Gasteiger partial charge in [-0.3, -0.25) is 9.78 Å². The molecule has 9 nitrogen and oxygen atoms in total. The van der Waals surface area contributed by atoms with Crippen LogP contribution in [0.25, 0.3) is 6.08 Å². The molecule has 0 unspecified atom stereocenters. The minimum Gasteiger partial charge on any atom is -0.478 e. The van der Waals surface area contributed by atoms with Crippen molar-refractivity contribution in [3.8, 4) is 0 Å². The summed E-state index contributed by atoms with van der Waals surface area (Å²) < 4.78 is 31.5. The average Bonchev–Trinajstić information content (AvgIpc) is 3.06. The molecule has 10 heteroatoms. The van der Waals surface area contributed by atoms with E-state index in [9.17, 15) is 27.9 Å². The van der Waals surface area contributed by atoms with Crippen molar-refractivity contribution >= 4 is 33.8 Å². The number of carboxylic acids is 1. The molecule has 2 aromatic carbocycles. The van der Waals surface area contributed by atoms with Crippen molar-refractivity contribution in [2.75, 3.05) is 0 Å². The van der Waals surface area contributed by atoms with Crippen molar-refractivity contribution in [2.45, 2.75) is 36.1 Å². The Hall–Kier alpha value is -4.31. The smallest absolute Gasteiger partial charge is 0.335 e. The fourth-order valence-corrected chi connectivity index (χ4v) is 7.02. The molecule has 0 radical (unpaired) electrons. The highest BCUT2D eigenvalue weighted by Gasteiger charge is 2.70. The highest BCUT2D eigenvalue weighted by Crippen LogP contribution is 2.49. The average molecular weight is 533 g/mol. The number of ether oxygens (including phenoxy) is 1. The van der Waals surface area contributed by atoms with Crippen LogP contribution in [0, 0.1) is 0 Å². The quantitative estimate of drug-likeness (QED) is 0.291. The normalized spacial score (nSPS) is 22.1. The summed E-state index contributed by atoms with van der Waals surface area (Å²) in [7, 11) is -4.06. The van der Waals surface area contributed by atoms with Crippen LogP contribution < -0.4 is 0 Å². The van der Waals surface area contributed by atoms with Gasteiger partial charge < -0.3 is 14.7 Å². The predicted molar refractivity (Wildman–Crippen MR) is 137 cm³/mol. The highest BCUT2D eigenvalue weighted by molar-refractivity contribution is 7.94. The van der Waals surface area contributed by atoms with Gasteiger partial charge in [-0.05, 0) is 43.2 Å². The van der Waals surface area contributed by atoms with Gasteiger partial charge in [0.25, 0.3) is 5.91 Å². The summed E-state index contributed by atoms with van der Waals surface area (Å²) in [5, 5.41) is 7.86. The van der Waals surface area contributed by atoms with Crippen molar-refractivity contribution in [3.05, 3.63) is 107 Å². The van der Waals surface area contributed by atoms with Crippen LogP contribution in [0.2, 0.25) is 0 Å². The van der Waals surface area contributed by atoms with Crippen LogP contribution in [-0.2, 0) is 24.2 Å². The van der Waals surface area contributed by atoms with Crippen molar-refractivity contribution in [3.63, 3.8) is 0 Å². The molecule has 1 aromatic heterocycles. The highest BCUT2D eigenvalue weighted by atomic mass is 32.2. The molecule has 38 heavy (non-hydrogen) atoms. The fraction of sp³-hybridized carbons (Fsp3) is 0.214. The number of benzene rings is 2. The van der Waals surface area contributed by atoms with Crippen LogP contribution in [0.1, 0.15) is 47.1 Å². The van der Waals surface area contributed by atoms with Gasteiger partial charge in [0.2, 0.25) is 0 Å². The lowest BCUT2D eigenvalue weighted by atomic mass is 9.94. The second kappa shape index (κ2) is 9.21. The number of rotatable bonds is 6. The topological polar surface area (TPSA) is 131 Å². The van der Waals surface area contributed by atoms with Gasteiger partial charge in [0.1, 0.15) is 4.75 Å². The maximum Gasteiger partial charge on any atom is 0.335 e. The molecule has 2 fully saturated rings. The Morgan fingerprint density at radius 3 is 2.16 bits per heavy atom. The molecule has 5 rings (SSSR count). The van der Waals surface area contributed by atoms with Gasteiger partial charge in [0, 0.05) is 6.20 Å². The number of amides is 1. The molecule has 2 aliphatic heterocycles. The fourth-order valence-electron chi connectivity index (χ4n) is 4.91. The number of hydrogen-bond acceptors (Lipinski definition) is 7. The van der Waals surface area contributed by atoms with E-state index in [2.05, 4.69) is 4.98 Å². The van der Waals surface area contributed by atoms with Gasteiger partial charge in [-0.1, -0.05) is 60.7 Å². The number of aromatic carboxylic acids is 1. The molecule has 194 valence electrons. The Morgan fingerprint density at radius 2 is 1.61 bits per heavy atom. The molecule has 0 aliphatic carbocycles. The Bertz CT molecular complexity index is 1530. The number of carbonyl (C=O) groups excluding carboxylic acids is 2. The summed E-state index contributed by atoms with van der Waals surface area (Å²) in [6.45, 7) is 2.81. The first-order valence-corrected chi connectivity index (χ1v) is 13.4. The molecule has 2 saturated heterocycles. The molecule has 3 heterocycles. The first-order chi connectivity index (χ1) is 18.0. The van der Waals surface area contributed by atoms with Crippen molar-refractivity contribution in [1.82, 2.24) is 9.88 Å². The molecular formula is C28H24N2O7S. The van der Waals surface area contributed by atoms with Crippen LogP contribution in [0.15, 0.2) is 84.6 Å². The lowest BCUT2D eigenvalue weighted by Crippen LogP contribution is -2.59. The summed E-state index contributed by atoms with van der Waals surface area (Å²) in [5.41, 5.74) is 1.38. The summed E-state index contributed by atoms with van der Waals surface area (Å²) in [6.07, 6.45) is 1.71. The molecule has 1 N–H and O–H groups in total. The number of aromatic nitrogens is 1. The molecular weight excluding hydrogens is 508 g/mol. The number of fused-ring (bicyclic) bond motifs is 1. The minimum atomic E-state index is -4.06. The summed E-state index contributed by atoms with van der Waals surface area (Å²) in [4.78, 5) is 43.2. The number of esters is 1. The van der Waals surface area contributed by atoms with E-state index in [1.807, 2.05) is 36.4 Å². The Labute approximate surface area is 219 Å².